The van der Waals surface area contributed by atoms with Crippen molar-refractivity contribution in [1.82, 2.24) is 0 Å². The van der Waals surface area contributed by atoms with E-state index in [9.17, 15) is 4.79 Å². The summed E-state index contributed by atoms with van der Waals surface area (Å²) >= 11 is 0. The van der Waals surface area contributed by atoms with E-state index in [1.807, 2.05) is 0 Å². The first-order chi connectivity index (χ1) is 21.9. The molecule has 14 heteroatoms. The lowest BCUT2D eigenvalue weighted by molar-refractivity contribution is -0.114. The molecule has 1 N–H and O–H groups in total. The highest BCUT2D eigenvalue weighted by Gasteiger charge is 2.13. The maximum atomic E-state index is 11.0. The molecule has 1 amide bonds. The lowest BCUT2D eigenvalue weighted by Crippen LogP contribution is -2.27. The SMILES string of the molecule is CC(=O)Nc1ccc(OCCOCCOCCOCCOCCOCCOCCOCCOCCOCCO[Si](C)(C)C)cc1. The Labute approximate surface area is 270 Å². The smallest absolute Gasteiger partial charge is 0.221 e. The lowest BCUT2D eigenvalue weighted by Gasteiger charge is -2.16. The highest BCUT2D eigenvalue weighted by atomic mass is 28.4. The number of nitrogens with one attached hydrogen (secondary N) is 1. The van der Waals surface area contributed by atoms with Gasteiger partial charge in [0.2, 0.25) is 5.91 Å². The zero-order valence-corrected chi connectivity index (χ0v) is 28.9. The maximum absolute atomic E-state index is 11.0. The van der Waals surface area contributed by atoms with Crippen molar-refractivity contribution in [3.63, 3.8) is 0 Å². The molecule has 1 rings (SSSR count). The Kier molecular flexibility index (Phi) is 27.3. The van der Waals surface area contributed by atoms with E-state index in [1.165, 1.54) is 6.92 Å². The Morgan fingerprint density at radius 3 is 1.07 bits per heavy atom. The van der Waals surface area contributed by atoms with Crippen LogP contribution in [-0.2, 0) is 51.9 Å². The van der Waals surface area contributed by atoms with Crippen molar-refractivity contribution in [3.05, 3.63) is 24.3 Å². The highest BCUT2D eigenvalue weighted by molar-refractivity contribution is 6.69. The van der Waals surface area contributed by atoms with Crippen LogP contribution in [0.1, 0.15) is 6.92 Å². The number of anilines is 1. The summed E-state index contributed by atoms with van der Waals surface area (Å²) in [6.07, 6.45) is 0. The fraction of sp³-hybridized carbons (Fsp3) is 0.774. The molecule has 0 atom stereocenters. The first kappa shape index (κ1) is 41.3. The molecule has 0 saturated carbocycles. The Bertz CT molecular complexity index is 798. The van der Waals surface area contributed by atoms with Crippen molar-refractivity contribution < 1.29 is 56.6 Å². The summed E-state index contributed by atoms with van der Waals surface area (Å²) in [5, 5.41) is 2.71. The minimum atomic E-state index is -1.45. The van der Waals surface area contributed by atoms with Crippen LogP contribution in [0, 0.1) is 0 Å². The molecule has 0 aliphatic carbocycles. The van der Waals surface area contributed by atoms with Gasteiger partial charge in [0.1, 0.15) is 12.4 Å². The fourth-order valence-electron chi connectivity index (χ4n) is 3.32. The van der Waals surface area contributed by atoms with E-state index in [0.29, 0.717) is 132 Å². The van der Waals surface area contributed by atoms with Gasteiger partial charge >= 0.3 is 0 Å². The molecule has 13 nitrogen and oxygen atoms in total. The molecule has 0 unspecified atom stereocenters. The molecule has 0 aliphatic rings. The molecule has 0 heterocycles. The van der Waals surface area contributed by atoms with Gasteiger partial charge in [-0.05, 0) is 43.9 Å². The van der Waals surface area contributed by atoms with Crippen molar-refractivity contribution in [2.75, 3.05) is 137 Å². The first-order valence-electron chi connectivity index (χ1n) is 15.7. The second-order valence-electron chi connectivity index (χ2n) is 10.5. The van der Waals surface area contributed by atoms with Crippen LogP contribution in [0.15, 0.2) is 24.3 Å². The van der Waals surface area contributed by atoms with E-state index in [-0.39, 0.29) is 5.91 Å². The van der Waals surface area contributed by atoms with Crippen LogP contribution in [0.25, 0.3) is 0 Å². The summed E-state index contributed by atoms with van der Waals surface area (Å²) in [6.45, 7) is 18.3. The average Bonchev–Trinajstić information content (AvgIpc) is 3.00. The van der Waals surface area contributed by atoms with Gasteiger partial charge in [-0.3, -0.25) is 4.79 Å². The zero-order chi connectivity index (χ0) is 32.7. The molecular formula is C31H57NO12Si. The van der Waals surface area contributed by atoms with E-state index in [4.69, 9.17) is 51.8 Å². The van der Waals surface area contributed by atoms with Crippen molar-refractivity contribution in [3.8, 4) is 5.75 Å². The number of hydrogen-bond acceptors (Lipinski definition) is 12. The molecule has 0 spiro atoms. The lowest BCUT2D eigenvalue weighted by atomic mass is 10.3. The maximum Gasteiger partial charge on any atom is 0.221 e. The van der Waals surface area contributed by atoms with Crippen molar-refractivity contribution in [1.29, 1.82) is 0 Å². The molecule has 1 aromatic carbocycles. The minimum Gasteiger partial charge on any atom is -0.491 e. The highest BCUT2D eigenvalue weighted by Crippen LogP contribution is 2.15. The molecule has 45 heavy (non-hydrogen) atoms. The van der Waals surface area contributed by atoms with Gasteiger partial charge in [-0.15, -0.1) is 0 Å². The topological polar surface area (TPSA) is 131 Å². The Hall–Kier alpha value is -1.69. The van der Waals surface area contributed by atoms with Crippen LogP contribution >= 0.6 is 0 Å². The van der Waals surface area contributed by atoms with Gasteiger partial charge in [0.15, 0.2) is 8.32 Å². The molecule has 0 bridgehead atoms. The third kappa shape index (κ3) is 30.7. The average molecular weight is 664 g/mol. The predicted octanol–water partition coefficient (Wildman–Crippen LogP) is 3.02. The van der Waals surface area contributed by atoms with Crippen molar-refractivity contribution >= 4 is 19.9 Å². The van der Waals surface area contributed by atoms with Gasteiger partial charge in [-0.1, -0.05) is 0 Å². The van der Waals surface area contributed by atoms with Crippen LogP contribution in [-0.4, -0.2) is 146 Å². The van der Waals surface area contributed by atoms with E-state index in [2.05, 4.69) is 25.0 Å². The van der Waals surface area contributed by atoms with E-state index in [1.54, 1.807) is 24.3 Å². The molecule has 262 valence electrons. The van der Waals surface area contributed by atoms with Gasteiger partial charge < -0.3 is 57.1 Å². The summed E-state index contributed by atoms with van der Waals surface area (Å²) in [5.74, 6) is 0.612. The van der Waals surface area contributed by atoms with E-state index in [0.717, 1.165) is 11.4 Å². The number of hydrogen-bond donors (Lipinski definition) is 1. The number of carbonyl (C=O) groups excluding carboxylic acids is 1. The van der Waals surface area contributed by atoms with Crippen molar-refractivity contribution in [2.45, 2.75) is 26.6 Å². The third-order valence-electron chi connectivity index (χ3n) is 5.41. The van der Waals surface area contributed by atoms with Crippen LogP contribution in [0.2, 0.25) is 19.6 Å². The predicted molar refractivity (Wildman–Crippen MR) is 173 cm³/mol. The Balaban J connectivity index is 1.68. The molecule has 0 fully saturated rings. The fourth-order valence-corrected chi connectivity index (χ4v) is 4.02. The van der Waals surface area contributed by atoms with Crippen LogP contribution in [0.5, 0.6) is 5.75 Å². The zero-order valence-electron chi connectivity index (χ0n) is 27.9. The summed E-state index contributed by atoms with van der Waals surface area (Å²) < 4.78 is 60.6. The standard InChI is InChI=1S/C31H57NO12Si/c1-29(33)32-30-5-7-31(8-6-30)43-27-25-41-23-21-39-19-17-37-15-13-35-11-9-34-10-12-36-14-16-38-18-20-40-22-24-42-26-28-44-45(2,3)4/h5-8H,9-28H2,1-4H3,(H,32,33). The molecule has 0 aliphatic heterocycles. The largest absolute Gasteiger partial charge is 0.491 e. The Morgan fingerprint density at radius 2 is 0.778 bits per heavy atom. The van der Waals surface area contributed by atoms with Gasteiger partial charge in [0.25, 0.3) is 0 Å². The molecule has 0 aromatic heterocycles. The quantitative estimate of drug-likeness (QED) is 0.0877. The van der Waals surface area contributed by atoms with Crippen LogP contribution in [0.4, 0.5) is 5.69 Å². The van der Waals surface area contributed by atoms with Gasteiger partial charge in [0.05, 0.1) is 126 Å². The summed E-state index contributed by atoms with van der Waals surface area (Å²) in [4.78, 5) is 11.0. The second kappa shape index (κ2) is 29.7. The number of amides is 1. The number of benzene rings is 1. The number of rotatable bonds is 33. The van der Waals surface area contributed by atoms with Gasteiger partial charge in [-0.25, -0.2) is 0 Å². The minimum absolute atomic E-state index is 0.107. The van der Waals surface area contributed by atoms with Gasteiger partial charge in [-0.2, -0.15) is 0 Å². The molecule has 1 aromatic rings. The second-order valence-corrected chi connectivity index (χ2v) is 15.0. The van der Waals surface area contributed by atoms with Crippen LogP contribution in [0.3, 0.4) is 0 Å². The Morgan fingerprint density at radius 1 is 0.489 bits per heavy atom. The summed E-state index contributed by atoms with van der Waals surface area (Å²) in [7, 11) is -1.45. The molecule has 0 saturated heterocycles. The third-order valence-corrected chi connectivity index (χ3v) is 6.48. The summed E-state index contributed by atoms with van der Waals surface area (Å²) in [5.41, 5.74) is 0.733. The van der Waals surface area contributed by atoms with Crippen LogP contribution < -0.4 is 10.1 Å². The number of ether oxygens (including phenoxy) is 10. The van der Waals surface area contributed by atoms with Gasteiger partial charge in [0, 0.05) is 12.6 Å². The normalized spacial score (nSPS) is 11.6. The monoisotopic (exact) mass is 663 g/mol. The summed E-state index contributed by atoms with van der Waals surface area (Å²) in [6, 6.07) is 7.18. The first-order valence-corrected chi connectivity index (χ1v) is 19.1. The van der Waals surface area contributed by atoms with E-state index >= 15 is 0 Å². The van der Waals surface area contributed by atoms with Crippen molar-refractivity contribution in [2.24, 2.45) is 0 Å². The van der Waals surface area contributed by atoms with E-state index < -0.39 is 8.32 Å². The molecular weight excluding hydrogens is 606 g/mol. The molecule has 0 radical (unpaired) electrons. The number of carbonyl (C=O) groups is 1.